The van der Waals surface area contributed by atoms with E-state index in [1.807, 2.05) is 61.5 Å². The summed E-state index contributed by atoms with van der Waals surface area (Å²) in [7, 11) is 0. The highest BCUT2D eigenvalue weighted by molar-refractivity contribution is 5.82. The van der Waals surface area contributed by atoms with Crippen molar-refractivity contribution in [3.05, 3.63) is 65.7 Å². The molecule has 1 aliphatic rings. The van der Waals surface area contributed by atoms with Crippen LogP contribution in [0.25, 0.3) is 0 Å². The van der Waals surface area contributed by atoms with Crippen molar-refractivity contribution in [2.75, 3.05) is 13.2 Å². The molecular weight excluding hydrogens is 370 g/mol. The maximum Gasteiger partial charge on any atom is 0.410 e. The van der Waals surface area contributed by atoms with Gasteiger partial charge in [0.2, 0.25) is 0 Å². The van der Waals surface area contributed by atoms with Gasteiger partial charge >= 0.3 is 12.1 Å². The van der Waals surface area contributed by atoms with Crippen molar-refractivity contribution in [3.63, 3.8) is 0 Å². The van der Waals surface area contributed by atoms with Crippen LogP contribution in [0, 0.1) is 0 Å². The summed E-state index contributed by atoms with van der Waals surface area (Å²) >= 11 is 0. The molecule has 0 saturated carbocycles. The van der Waals surface area contributed by atoms with Crippen LogP contribution in [0.1, 0.15) is 31.4 Å². The number of esters is 1. The molecule has 0 bridgehead atoms. The molecule has 1 fully saturated rings. The van der Waals surface area contributed by atoms with Gasteiger partial charge in [-0.1, -0.05) is 49.4 Å². The average molecular weight is 397 g/mol. The standard InChI is InChI=1S/C23H27NO5/c1-3-21(22(25)27-4-2)24-19(16-29-23(24)26)14-17-10-12-20(13-11-17)28-15-18-8-6-5-7-9-18/h5-13,19,21H,3-4,14-16H2,1-2H3/t19-,21?/m0/s1. The Bertz CT molecular complexity index is 806. The van der Waals surface area contributed by atoms with Gasteiger partial charge in [0.1, 0.15) is 25.0 Å². The minimum atomic E-state index is -0.622. The third-order valence-electron chi connectivity index (χ3n) is 4.93. The van der Waals surface area contributed by atoms with Crippen LogP contribution in [0.3, 0.4) is 0 Å². The van der Waals surface area contributed by atoms with Gasteiger partial charge < -0.3 is 14.2 Å². The number of carbonyl (C=O) groups excluding carboxylic acids is 2. The summed E-state index contributed by atoms with van der Waals surface area (Å²) in [5.74, 6) is 0.398. The van der Waals surface area contributed by atoms with Crippen molar-refractivity contribution < 1.29 is 23.8 Å². The van der Waals surface area contributed by atoms with Crippen molar-refractivity contribution in [2.24, 2.45) is 0 Å². The van der Waals surface area contributed by atoms with Crippen molar-refractivity contribution in [1.29, 1.82) is 0 Å². The largest absolute Gasteiger partial charge is 0.489 e. The van der Waals surface area contributed by atoms with E-state index in [9.17, 15) is 9.59 Å². The molecule has 2 aromatic carbocycles. The summed E-state index contributed by atoms with van der Waals surface area (Å²) in [5, 5.41) is 0. The molecule has 29 heavy (non-hydrogen) atoms. The first-order valence-electron chi connectivity index (χ1n) is 9.99. The Morgan fingerprint density at radius 2 is 1.83 bits per heavy atom. The Morgan fingerprint density at radius 3 is 2.48 bits per heavy atom. The van der Waals surface area contributed by atoms with Crippen LogP contribution in [-0.4, -0.2) is 42.3 Å². The molecule has 0 N–H and O–H groups in total. The van der Waals surface area contributed by atoms with Crippen LogP contribution in [-0.2, 0) is 27.3 Å². The smallest absolute Gasteiger partial charge is 0.410 e. The molecule has 0 radical (unpaired) electrons. The molecule has 1 aliphatic heterocycles. The first kappa shape index (κ1) is 20.7. The normalized spacial score (nSPS) is 17.0. The zero-order valence-electron chi connectivity index (χ0n) is 16.9. The van der Waals surface area contributed by atoms with Crippen molar-refractivity contribution in [3.8, 4) is 5.75 Å². The highest BCUT2D eigenvalue weighted by atomic mass is 16.6. The molecule has 0 spiro atoms. The second-order valence-electron chi connectivity index (χ2n) is 6.94. The predicted octanol–water partition coefficient (Wildman–Crippen LogP) is 3.97. The van der Waals surface area contributed by atoms with E-state index in [4.69, 9.17) is 14.2 Å². The zero-order valence-corrected chi connectivity index (χ0v) is 16.9. The maximum absolute atomic E-state index is 12.3. The molecule has 154 valence electrons. The van der Waals surface area contributed by atoms with Crippen LogP contribution in [0.4, 0.5) is 4.79 Å². The summed E-state index contributed by atoms with van der Waals surface area (Å²) in [5.41, 5.74) is 2.16. The van der Waals surface area contributed by atoms with E-state index < -0.39 is 12.1 Å². The minimum absolute atomic E-state index is 0.201. The van der Waals surface area contributed by atoms with Gasteiger partial charge in [0.15, 0.2) is 0 Å². The number of rotatable bonds is 9. The third-order valence-corrected chi connectivity index (χ3v) is 4.93. The Kier molecular flexibility index (Phi) is 7.11. The van der Waals surface area contributed by atoms with E-state index >= 15 is 0 Å². The van der Waals surface area contributed by atoms with Crippen LogP contribution in [0.5, 0.6) is 5.75 Å². The molecule has 1 unspecified atom stereocenters. The number of cyclic esters (lactones) is 1. The Labute approximate surface area is 171 Å². The Hall–Kier alpha value is -3.02. The van der Waals surface area contributed by atoms with E-state index in [-0.39, 0.29) is 25.2 Å². The molecule has 0 aliphatic carbocycles. The third kappa shape index (κ3) is 5.28. The molecule has 6 nitrogen and oxygen atoms in total. The fraction of sp³-hybridized carbons (Fsp3) is 0.391. The first-order valence-corrected chi connectivity index (χ1v) is 9.99. The molecule has 6 heteroatoms. The van der Waals surface area contributed by atoms with Crippen molar-refractivity contribution >= 4 is 12.1 Å². The second-order valence-corrected chi connectivity index (χ2v) is 6.94. The summed E-state index contributed by atoms with van der Waals surface area (Å²) in [6.45, 7) is 4.68. The maximum atomic E-state index is 12.3. The molecule has 3 rings (SSSR count). The minimum Gasteiger partial charge on any atom is -0.489 e. The zero-order chi connectivity index (χ0) is 20.6. The molecule has 1 heterocycles. The van der Waals surface area contributed by atoms with Gasteiger partial charge in [0.05, 0.1) is 12.6 Å². The lowest BCUT2D eigenvalue weighted by atomic mass is 10.0. The monoisotopic (exact) mass is 397 g/mol. The predicted molar refractivity (Wildman–Crippen MR) is 109 cm³/mol. The number of hydrogen-bond donors (Lipinski definition) is 0. The molecule has 2 aromatic rings. The van der Waals surface area contributed by atoms with Crippen molar-refractivity contribution in [2.45, 2.75) is 45.4 Å². The van der Waals surface area contributed by atoms with E-state index in [2.05, 4.69) is 0 Å². The summed E-state index contributed by atoms with van der Waals surface area (Å²) in [6.07, 6.45) is 0.620. The Balaban J connectivity index is 1.62. The summed E-state index contributed by atoms with van der Waals surface area (Å²) < 4.78 is 16.2. The molecule has 1 saturated heterocycles. The highest BCUT2D eigenvalue weighted by Crippen LogP contribution is 2.23. The Morgan fingerprint density at radius 1 is 1.10 bits per heavy atom. The number of ether oxygens (including phenoxy) is 3. The lowest BCUT2D eigenvalue weighted by Gasteiger charge is -2.28. The lowest BCUT2D eigenvalue weighted by Crippen LogP contribution is -2.47. The van der Waals surface area contributed by atoms with Gasteiger partial charge in [0.25, 0.3) is 0 Å². The van der Waals surface area contributed by atoms with Gasteiger partial charge in [0, 0.05) is 0 Å². The van der Waals surface area contributed by atoms with Crippen LogP contribution in [0.15, 0.2) is 54.6 Å². The number of carbonyl (C=O) groups is 2. The van der Waals surface area contributed by atoms with Gasteiger partial charge in [-0.25, -0.2) is 9.59 Å². The van der Waals surface area contributed by atoms with Crippen molar-refractivity contribution in [1.82, 2.24) is 4.90 Å². The summed E-state index contributed by atoms with van der Waals surface area (Å²) in [6, 6.07) is 17.0. The van der Waals surface area contributed by atoms with E-state index in [0.717, 1.165) is 16.9 Å². The fourth-order valence-electron chi connectivity index (χ4n) is 3.46. The molecule has 2 atom stereocenters. The number of nitrogens with zero attached hydrogens (tertiary/aromatic N) is 1. The van der Waals surface area contributed by atoms with Crippen LogP contribution < -0.4 is 4.74 Å². The quantitative estimate of drug-likeness (QED) is 0.599. The highest BCUT2D eigenvalue weighted by Gasteiger charge is 2.41. The number of amides is 1. The fourth-order valence-corrected chi connectivity index (χ4v) is 3.46. The molecule has 1 amide bonds. The lowest BCUT2D eigenvalue weighted by molar-refractivity contribution is -0.149. The van der Waals surface area contributed by atoms with Crippen LogP contribution >= 0.6 is 0 Å². The second kappa shape index (κ2) is 9.96. The topological polar surface area (TPSA) is 65.1 Å². The van der Waals surface area contributed by atoms with E-state index in [0.29, 0.717) is 19.4 Å². The number of benzene rings is 2. The van der Waals surface area contributed by atoms with Gasteiger partial charge in [-0.3, -0.25) is 4.90 Å². The van der Waals surface area contributed by atoms with E-state index in [1.165, 1.54) is 4.90 Å². The SMILES string of the molecule is CCOC(=O)C(CC)N1C(=O)OC[C@@H]1Cc1ccc(OCc2ccccc2)cc1. The van der Waals surface area contributed by atoms with Gasteiger partial charge in [-0.05, 0) is 43.0 Å². The molecular formula is C23H27NO5. The van der Waals surface area contributed by atoms with Gasteiger partial charge in [-0.2, -0.15) is 0 Å². The number of hydrogen-bond acceptors (Lipinski definition) is 5. The average Bonchev–Trinajstić information content (AvgIpc) is 3.09. The first-order chi connectivity index (χ1) is 14.1. The van der Waals surface area contributed by atoms with Gasteiger partial charge in [-0.15, -0.1) is 0 Å². The van der Waals surface area contributed by atoms with Crippen LogP contribution in [0.2, 0.25) is 0 Å². The van der Waals surface area contributed by atoms with E-state index in [1.54, 1.807) is 6.92 Å². The summed E-state index contributed by atoms with van der Waals surface area (Å²) in [4.78, 5) is 26.0. The molecule has 0 aromatic heterocycles.